The second kappa shape index (κ2) is 9.42. The molecule has 2 heterocycles. The average Bonchev–Trinajstić information content (AvgIpc) is 3.13. The van der Waals surface area contributed by atoms with Crippen molar-refractivity contribution in [1.82, 2.24) is 9.38 Å². The fraction of sp³-hybridized carbons (Fsp3) is 0.125. The molecule has 0 aliphatic rings. The van der Waals surface area contributed by atoms with Crippen molar-refractivity contribution in [1.29, 1.82) is 0 Å². The molecule has 4 aromatic rings. The van der Waals surface area contributed by atoms with Crippen LogP contribution in [0.4, 0.5) is 15.9 Å². The lowest BCUT2D eigenvalue weighted by Gasteiger charge is -2.08. The highest BCUT2D eigenvalue weighted by Gasteiger charge is 2.12. The number of hydrogen-bond acceptors (Lipinski definition) is 5. The van der Waals surface area contributed by atoms with Crippen molar-refractivity contribution >= 4 is 29.3 Å². The van der Waals surface area contributed by atoms with Crippen molar-refractivity contribution in [2.45, 2.75) is 6.61 Å². The molecule has 4 rings (SSSR count). The Kier molecular flexibility index (Phi) is 6.26. The van der Waals surface area contributed by atoms with Crippen molar-refractivity contribution in [3.8, 4) is 5.75 Å². The summed E-state index contributed by atoms with van der Waals surface area (Å²) >= 11 is 0. The SMILES string of the molecule is COOCc1ccn2c(Nc3cccc(F)c3)c(/C=C/c3ccc(OC)cc3)nc2c1. The van der Waals surface area contributed by atoms with Crippen LogP contribution < -0.4 is 10.1 Å². The monoisotopic (exact) mass is 419 g/mol. The van der Waals surface area contributed by atoms with Crippen LogP contribution in [-0.2, 0) is 16.4 Å². The van der Waals surface area contributed by atoms with Gasteiger partial charge in [0, 0.05) is 11.9 Å². The molecule has 0 radical (unpaired) electrons. The zero-order valence-electron chi connectivity index (χ0n) is 17.2. The number of nitrogens with one attached hydrogen (secondary N) is 1. The van der Waals surface area contributed by atoms with E-state index in [9.17, 15) is 4.39 Å². The third-order valence-electron chi connectivity index (χ3n) is 4.70. The summed E-state index contributed by atoms with van der Waals surface area (Å²) in [6.45, 7) is 0.309. The van der Waals surface area contributed by atoms with Crippen molar-refractivity contribution in [2.75, 3.05) is 19.5 Å². The van der Waals surface area contributed by atoms with Gasteiger partial charge in [0.15, 0.2) is 0 Å². The molecule has 0 aliphatic heterocycles. The summed E-state index contributed by atoms with van der Waals surface area (Å²) in [5.74, 6) is 1.21. The van der Waals surface area contributed by atoms with Gasteiger partial charge in [-0.05, 0) is 59.7 Å². The van der Waals surface area contributed by atoms with Gasteiger partial charge < -0.3 is 10.1 Å². The number of fused-ring (bicyclic) bond motifs is 1. The fourth-order valence-corrected chi connectivity index (χ4v) is 3.16. The van der Waals surface area contributed by atoms with Crippen LogP contribution in [0.15, 0.2) is 66.9 Å². The quantitative estimate of drug-likeness (QED) is 0.303. The number of rotatable bonds is 8. The summed E-state index contributed by atoms with van der Waals surface area (Å²) in [7, 11) is 3.11. The van der Waals surface area contributed by atoms with E-state index in [0.717, 1.165) is 28.3 Å². The van der Waals surface area contributed by atoms with Gasteiger partial charge >= 0.3 is 0 Å². The van der Waals surface area contributed by atoms with Crippen molar-refractivity contribution < 1.29 is 18.9 Å². The molecule has 2 aromatic carbocycles. The molecule has 0 saturated carbocycles. The number of anilines is 2. The van der Waals surface area contributed by atoms with Crippen LogP contribution in [0.5, 0.6) is 5.75 Å². The summed E-state index contributed by atoms with van der Waals surface area (Å²) in [5, 5.41) is 3.29. The van der Waals surface area contributed by atoms with Gasteiger partial charge in [0.25, 0.3) is 0 Å². The van der Waals surface area contributed by atoms with E-state index in [1.165, 1.54) is 19.2 Å². The Hall–Kier alpha value is -3.68. The molecule has 158 valence electrons. The second-order valence-corrected chi connectivity index (χ2v) is 6.78. The smallest absolute Gasteiger partial charge is 0.142 e. The Morgan fingerprint density at radius 1 is 1.03 bits per heavy atom. The summed E-state index contributed by atoms with van der Waals surface area (Å²) in [5.41, 5.74) is 3.99. The maximum Gasteiger partial charge on any atom is 0.142 e. The molecule has 0 amide bonds. The number of nitrogens with zero attached hydrogens (tertiary/aromatic N) is 2. The number of pyridine rings is 1. The van der Waals surface area contributed by atoms with Gasteiger partial charge in [-0.3, -0.25) is 4.40 Å². The Bertz CT molecular complexity index is 1200. The Labute approximate surface area is 179 Å². The molecule has 6 nitrogen and oxygen atoms in total. The zero-order valence-corrected chi connectivity index (χ0v) is 17.2. The Morgan fingerprint density at radius 2 is 1.87 bits per heavy atom. The van der Waals surface area contributed by atoms with E-state index in [2.05, 4.69) is 10.2 Å². The molecule has 0 saturated heterocycles. The summed E-state index contributed by atoms with van der Waals surface area (Å²) < 4.78 is 20.8. The lowest BCUT2D eigenvalue weighted by atomic mass is 10.2. The molecule has 0 spiro atoms. The molecule has 2 aromatic heterocycles. The van der Waals surface area contributed by atoms with Crippen LogP contribution in [0.2, 0.25) is 0 Å². The Balaban J connectivity index is 1.72. The van der Waals surface area contributed by atoms with Crippen LogP contribution in [-0.4, -0.2) is 23.6 Å². The van der Waals surface area contributed by atoms with E-state index in [4.69, 9.17) is 14.6 Å². The predicted molar refractivity (Wildman–Crippen MR) is 119 cm³/mol. The van der Waals surface area contributed by atoms with Gasteiger partial charge in [0.05, 0.1) is 14.2 Å². The average molecular weight is 419 g/mol. The highest BCUT2D eigenvalue weighted by Crippen LogP contribution is 2.26. The molecular formula is C24H22FN3O3. The van der Waals surface area contributed by atoms with E-state index < -0.39 is 0 Å². The van der Waals surface area contributed by atoms with Gasteiger partial charge in [-0.15, -0.1) is 0 Å². The standard InChI is InChI=1S/C24H22FN3O3/c1-29-21-9-6-17(7-10-21)8-11-22-24(26-20-5-3-4-19(25)15-20)28-13-12-18(16-31-30-2)14-23(28)27-22/h3-15,26H,16H2,1-2H3/b11-8+. The maximum atomic E-state index is 13.7. The molecular weight excluding hydrogens is 397 g/mol. The number of benzene rings is 2. The topological polar surface area (TPSA) is 57.0 Å². The Morgan fingerprint density at radius 3 is 2.61 bits per heavy atom. The molecule has 0 atom stereocenters. The van der Waals surface area contributed by atoms with Crippen LogP contribution in [0.25, 0.3) is 17.8 Å². The number of aromatic nitrogens is 2. The van der Waals surface area contributed by atoms with Gasteiger partial charge in [0.2, 0.25) is 0 Å². The van der Waals surface area contributed by atoms with E-state index >= 15 is 0 Å². The maximum absolute atomic E-state index is 13.7. The fourth-order valence-electron chi connectivity index (χ4n) is 3.16. The normalized spacial score (nSPS) is 11.3. The lowest BCUT2D eigenvalue weighted by Crippen LogP contribution is -1.98. The zero-order chi connectivity index (χ0) is 21.6. The van der Waals surface area contributed by atoms with E-state index in [-0.39, 0.29) is 5.82 Å². The lowest BCUT2D eigenvalue weighted by molar-refractivity contribution is -0.282. The first-order valence-electron chi connectivity index (χ1n) is 9.67. The van der Waals surface area contributed by atoms with E-state index in [0.29, 0.717) is 18.0 Å². The van der Waals surface area contributed by atoms with Gasteiger partial charge in [-0.25, -0.2) is 19.1 Å². The summed E-state index contributed by atoms with van der Waals surface area (Å²) in [4.78, 5) is 14.5. The minimum atomic E-state index is -0.312. The van der Waals surface area contributed by atoms with Crippen molar-refractivity contribution in [3.05, 3.63) is 89.5 Å². The predicted octanol–water partition coefficient (Wildman–Crippen LogP) is 5.47. The van der Waals surface area contributed by atoms with Crippen LogP contribution in [0.1, 0.15) is 16.8 Å². The highest BCUT2D eigenvalue weighted by molar-refractivity contribution is 5.78. The van der Waals surface area contributed by atoms with Gasteiger partial charge in [-0.1, -0.05) is 24.3 Å². The summed E-state index contributed by atoms with van der Waals surface area (Å²) in [6, 6.07) is 17.9. The molecule has 31 heavy (non-hydrogen) atoms. The van der Waals surface area contributed by atoms with Gasteiger partial charge in [-0.2, -0.15) is 0 Å². The molecule has 0 unspecified atom stereocenters. The second-order valence-electron chi connectivity index (χ2n) is 6.78. The van der Waals surface area contributed by atoms with Crippen LogP contribution in [0.3, 0.4) is 0 Å². The van der Waals surface area contributed by atoms with Crippen LogP contribution in [0, 0.1) is 5.82 Å². The first kappa shape index (κ1) is 20.6. The van der Waals surface area contributed by atoms with Gasteiger partial charge in [0.1, 0.15) is 35.3 Å². The first-order chi connectivity index (χ1) is 15.2. The molecule has 7 heteroatoms. The third-order valence-corrected chi connectivity index (χ3v) is 4.70. The largest absolute Gasteiger partial charge is 0.497 e. The first-order valence-corrected chi connectivity index (χ1v) is 9.67. The number of ether oxygens (including phenoxy) is 1. The minimum absolute atomic E-state index is 0.309. The highest BCUT2D eigenvalue weighted by atomic mass is 19.1. The number of imidazole rings is 1. The van der Waals surface area contributed by atoms with Crippen molar-refractivity contribution in [3.63, 3.8) is 0 Å². The molecule has 0 bridgehead atoms. The summed E-state index contributed by atoms with van der Waals surface area (Å²) in [6.07, 6.45) is 5.78. The van der Waals surface area contributed by atoms with E-state index in [1.54, 1.807) is 19.2 Å². The molecule has 0 fully saturated rings. The number of methoxy groups -OCH3 is 1. The number of hydrogen-bond donors (Lipinski definition) is 1. The van der Waals surface area contributed by atoms with E-state index in [1.807, 2.05) is 59.1 Å². The minimum Gasteiger partial charge on any atom is -0.497 e. The third kappa shape index (κ3) is 4.91. The molecule has 1 N–H and O–H groups in total. The van der Waals surface area contributed by atoms with Crippen LogP contribution >= 0.6 is 0 Å². The van der Waals surface area contributed by atoms with Crippen molar-refractivity contribution in [2.24, 2.45) is 0 Å². The number of halogens is 1. The molecule has 0 aliphatic carbocycles.